The molecule has 0 aromatic rings. The second-order valence-corrected chi connectivity index (χ2v) is 60.2. The van der Waals surface area contributed by atoms with Crippen LogP contribution in [0.5, 0.6) is 0 Å². The summed E-state index contributed by atoms with van der Waals surface area (Å²) in [6, 6.07) is 1.40. The van der Waals surface area contributed by atoms with Gasteiger partial charge in [0, 0.05) is 189 Å². The van der Waals surface area contributed by atoms with Crippen molar-refractivity contribution in [3.8, 4) is 0 Å². The van der Waals surface area contributed by atoms with Crippen molar-refractivity contribution in [2.24, 2.45) is 67.0 Å². The first kappa shape index (κ1) is 135. The van der Waals surface area contributed by atoms with Gasteiger partial charge in [-0.1, -0.05) is 166 Å². The molecule has 0 unspecified atom stereocenters. The molecule has 2 atom stereocenters. The Morgan fingerprint density at radius 1 is 0.227 bits per heavy atom. The highest BCUT2D eigenvalue weighted by Gasteiger charge is 2.40. The van der Waals surface area contributed by atoms with E-state index in [4.69, 9.17) is 14.2 Å². The number of likely N-dealkylation sites (tertiary alicyclic amines) is 7. The fraction of sp³-hybridized carbons (Fsp3) is 0.941. The zero-order chi connectivity index (χ0) is 110. The van der Waals surface area contributed by atoms with Gasteiger partial charge in [0.25, 0.3) is 0 Å². The monoisotopic (exact) mass is 1990 g/mol. The van der Waals surface area contributed by atoms with Crippen molar-refractivity contribution < 1.29 is 47.8 Å². The molecule has 0 aliphatic carbocycles. The maximum Gasteiger partial charge on any atom is 0.248 e. The van der Waals surface area contributed by atoms with Gasteiger partial charge in [-0.3, -0.25) is 53.2 Å². The standard InChI is InChI=1S/C16H31NO.3C15H30N2O.3C15H29NO2.C13H28N2/c1-15(2,3)10-7-14(18)17-11-8-13(9-12-17)16(4,5)6;2*1-14(2,3)9-7-13(18)16-12-8-10-17(11-12)15(4,5)6;1-14(2,3)8-7-13(18)16-9-11-17(12-10-16)15(4,5)6;3*1-14(2,3)12-7-9-16(10-8-12)13(17)11-18-15(4,5)6;1-12(2,3)14-11-7-9-15(10-8-11)13(4,5)6/h13H,7-12H2,1-6H3;2*12H,7-11H2,1-6H3,(H,16,18);7-12H2,1-6H3;3*12H,7-11H2,1-6H3;11,14H,7-10H2,1-6H3/t;2*12-;;;;;/m.10...../s1. The largest absolute Gasteiger partial charge is 0.366 e. The summed E-state index contributed by atoms with van der Waals surface area (Å²) in [5, 5.41) is 10.0. The molecule has 0 saturated carbocycles. The second kappa shape index (κ2) is 57.3. The molecule has 0 aromatic heterocycles. The number of hydrogen-bond acceptors (Lipinski definition) is 15. The number of nitrogens with one attached hydrogen (secondary N) is 3. The van der Waals surface area contributed by atoms with E-state index in [9.17, 15) is 33.6 Å². The van der Waals surface area contributed by atoms with Crippen molar-refractivity contribution in [1.29, 1.82) is 0 Å². The van der Waals surface area contributed by atoms with E-state index in [-0.39, 0.29) is 110 Å². The SMILES string of the molecule is CC(C)(C)CCC(=O)N1CCC(C(C)(C)C)CC1.CC(C)(C)CCC(=O)N1CCN(C(C)(C)C)CC1.CC(C)(C)CCC(=O)N[C@@H]1CCN(C(C)(C)C)C1.CC(C)(C)CCC(=O)N[C@H]1CCN(C(C)(C)C)C1.CC(C)(C)NC1CCN(C(C)(C)C)CC1.CC(C)(C)OCC(=O)N1CCC(C(C)(C)C)CC1.CC(C)(C)OCC(=O)N1CCC(C(C)(C)C)CC1.CC(C)(C)OCC(=O)N1CCC(C(C)(C)C)CC1. The van der Waals surface area contributed by atoms with Crippen LogP contribution in [-0.2, 0) is 47.8 Å². The number of rotatable bonds is 17. The zero-order valence-corrected chi connectivity index (χ0v) is 102. The minimum Gasteiger partial charge on any atom is -0.366 e. The third-order valence-corrected chi connectivity index (χ3v) is 29.2. The summed E-state index contributed by atoms with van der Waals surface area (Å²) >= 11 is 0. The van der Waals surface area contributed by atoms with Crippen molar-refractivity contribution >= 4 is 41.4 Å². The Morgan fingerprint density at radius 2 is 0.426 bits per heavy atom. The molecule has 0 bridgehead atoms. The molecule has 832 valence electrons. The Labute approximate surface area is 872 Å². The quantitative estimate of drug-likeness (QED) is 0.124. The van der Waals surface area contributed by atoms with Gasteiger partial charge in [-0.05, 0) is 336 Å². The van der Waals surface area contributed by atoms with Crippen molar-refractivity contribution in [3.05, 3.63) is 0 Å². The number of ether oxygens (including phenoxy) is 3. The summed E-state index contributed by atoms with van der Waals surface area (Å²) in [6.45, 7) is 124. The summed E-state index contributed by atoms with van der Waals surface area (Å²) in [4.78, 5) is 104. The van der Waals surface area contributed by atoms with Crippen molar-refractivity contribution in [1.82, 2.24) is 60.0 Å². The fourth-order valence-corrected chi connectivity index (χ4v) is 18.9. The average Bonchev–Trinajstić information content (AvgIpc) is 1.55. The number of nitrogens with zero attached hydrogens (tertiary/aromatic N) is 9. The Bertz CT molecular complexity index is 3100. The van der Waals surface area contributed by atoms with Crippen LogP contribution >= 0.6 is 0 Å². The minimum absolute atomic E-state index is 0.136. The van der Waals surface area contributed by atoms with Crippen LogP contribution in [0, 0.1) is 67.0 Å². The highest BCUT2D eigenvalue weighted by atomic mass is 16.5. The molecule has 22 heteroatoms. The van der Waals surface area contributed by atoms with Crippen LogP contribution in [0.1, 0.15) is 461 Å². The minimum atomic E-state index is -0.237. The van der Waals surface area contributed by atoms with E-state index in [1.54, 1.807) is 0 Å². The Hall–Kier alpha value is -4.03. The van der Waals surface area contributed by atoms with Crippen LogP contribution in [-0.4, -0.2) is 286 Å². The molecule has 8 aliphatic rings. The van der Waals surface area contributed by atoms with Gasteiger partial charge in [0.05, 0.1) is 16.8 Å². The molecule has 3 N–H and O–H groups in total. The van der Waals surface area contributed by atoms with E-state index in [0.717, 1.165) is 205 Å². The van der Waals surface area contributed by atoms with Gasteiger partial charge >= 0.3 is 0 Å². The van der Waals surface area contributed by atoms with Crippen molar-refractivity contribution in [2.75, 3.05) is 138 Å². The molecule has 8 rings (SSSR count). The van der Waals surface area contributed by atoms with E-state index >= 15 is 0 Å². The first-order valence-electron chi connectivity index (χ1n) is 56.0. The van der Waals surface area contributed by atoms with E-state index in [0.29, 0.717) is 82.8 Å². The first-order valence-corrected chi connectivity index (χ1v) is 56.0. The summed E-state index contributed by atoms with van der Waals surface area (Å²) in [7, 11) is 0. The van der Waals surface area contributed by atoms with Gasteiger partial charge in [-0.2, -0.15) is 0 Å². The molecule has 0 radical (unpaired) electrons. The number of carbonyl (C=O) groups is 7. The number of piperazine rings is 1. The lowest BCUT2D eigenvalue weighted by Crippen LogP contribution is -2.54. The van der Waals surface area contributed by atoms with Crippen LogP contribution in [0.15, 0.2) is 0 Å². The van der Waals surface area contributed by atoms with Gasteiger partial charge in [-0.15, -0.1) is 0 Å². The third-order valence-electron chi connectivity index (χ3n) is 29.2. The van der Waals surface area contributed by atoms with E-state index < -0.39 is 0 Å². The molecule has 0 spiro atoms. The molecule has 8 fully saturated rings. The topological polar surface area (TPSA) is 212 Å². The molecular weight excluding hydrogens is 1760 g/mol. The van der Waals surface area contributed by atoms with Crippen molar-refractivity contribution in [3.63, 3.8) is 0 Å². The summed E-state index contributed by atoms with van der Waals surface area (Å²) in [5.41, 5.74) is 3.00. The summed E-state index contributed by atoms with van der Waals surface area (Å²) in [5.74, 6) is 4.48. The zero-order valence-electron chi connectivity index (χ0n) is 102. The lowest BCUT2D eigenvalue weighted by atomic mass is 9.75. The van der Waals surface area contributed by atoms with Gasteiger partial charge in [-0.25, -0.2) is 0 Å². The number of amides is 7. The Morgan fingerprint density at radius 3 is 0.624 bits per heavy atom. The van der Waals surface area contributed by atoms with Gasteiger partial charge in [0.15, 0.2) is 0 Å². The number of piperidine rings is 5. The normalized spacial score (nSPS) is 20.2. The predicted molar refractivity (Wildman–Crippen MR) is 598 cm³/mol. The molecule has 8 heterocycles. The van der Waals surface area contributed by atoms with Crippen LogP contribution in [0.25, 0.3) is 0 Å². The Balaban J connectivity index is 0.000000806. The van der Waals surface area contributed by atoms with Gasteiger partial charge < -0.3 is 54.7 Å². The highest BCUT2D eigenvalue weighted by Crippen LogP contribution is 2.40. The Kier molecular flexibility index (Phi) is 54.8. The van der Waals surface area contributed by atoms with Gasteiger partial charge in [0.2, 0.25) is 41.4 Å². The lowest BCUT2D eigenvalue weighted by molar-refractivity contribution is -0.143. The van der Waals surface area contributed by atoms with E-state index in [1.807, 2.05) is 81.9 Å². The molecule has 8 saturated heterocycles. The number of hydrogen-bond donors (Lipinski definition) is 3. The molecule has 0 aromatic carbocycles. The lowest BCUT2D eigenvalue weighted by Gasteiger charge is -2.42. The molecule has 22 nitrogen and oxygen atoms in total. The van der Waals surface area contributed by atoms with Crippen LogP contribution in [0.2, 0.25) is 0 Å². The second-order valence-electron chi connectivity index (χ2n) is 60.2. The average molecular weight is 2000 g/mol. The van der Waals surface area contributed by atoms with E-state index in [2.05, 4.69) is 310 Å². The molecule has 7 amide bonds. The fourth-order valence-electron chi connectivity index (χ4n) is 18.9. The molecule has 8 aliphatic heterocycles. The third kappa shape index (κ3) is 62.9. The maximum atomic E-state index is 12.1. The van der Waals surface area contributed by atoms with Crippen LogP contribution in [0.4, 0.5) is 0 Å². The highest BCUT2D eigenvalue weighted by molar-refractivity contribution is 5.79. The van der Waals surface area contributed by atoms with E-state index in [1.165, 1.54) is 38.8 Å². The van der Waals surface area contributed by atoms with Crippen molar-refractivity contribution in [2.45, 2.75) is 523 Å². The van der Waals surface area contributed by atoms with Gasteiger partial charge in [0.1, 0.15) is 19.8 Å². The summed E-state index contributed by atoms with van der Waals surface area (Å²) < 4.78 is 16.6. The molecule has 141 heavy (non-hydrogen) atoms. The number of carbonyl (C=O) groups excluding carboxylic acids is 7. The van der Waals surface area contributed by atoms with Crippen LogP contribution < -0.4 is 16.0 Å². The molecular formula is C119H236N12O10. The first-order chi connectivity index (χ1) is 63.3. The predicted octanol–water partition coefficient (Wildman–Crippen LogP) is 24.4. The maximum absolute atomic E-state index is 12.1. The smallest absolute Gasteiger partial charge is 0.248 e. The summed E-state index contributed by atoms with van der Waals surface area (Å²) in [6.07, 6.45) is 20.4. The van der Waals surface area contributed by atoms with Crippen LogP contribution in [0.3, 0.4) is 0 Å².